The monoisotopic (exact) mass is 801 g/mol. The number of carbonyl (C=O) groups excluding carboxylic acids is 2. The molecule has 15 heteroatoms. The van der Waals surface area contributed by atoms with Crippen molar-refractivity contribution < 1.29 is 53.0 Å². The Balaban J connectivity index is 1.29. The van der Waals surface area contributed by atoms with Gasteiger partial charge in [0.2, 0.25) is 6.79 Å². The van der Waals surface area contributed by atoms with E-state index < -0.39 is 47.1 Å². The number of aliphatic hydroxyl groups is 1. The van der Waals surface area contributed by atoms with Crippen molar-refractivity contribution in [3.8, 4) is 40.2 Å². The van der Waals surface area contributed by atoms with E-state index in [0.717, 1.165) is 16.7 Å². The molecule has 4 bridgehead atoms. The fraction of sp³-hybridized carbons (Fsp3) is 0.476. The number of likely N-dealkylation sites (N-methyl/N-ethyl adjacent to an activating group) is 1. The van der Waals surface area contributed by atoms with Gasteiger partial charge < -0.3 is 43.4 Å². The second-order valence-electron chi connectivity index (χ2n) is 15.5. The molecule has 0 aliphatic carbocycles. The van der Waals surface area contributed by atoms with Crippen LogP contribution in [0, 0.1) is 13.8 Å². The molecule has 10 rings (SSSR count). The van der Waals surface area contributed by atoms with Crippen molar-refractivity contribution in [1.82, 2.24) is 15.1 Å². The minimum absolute atomic E-state index is 0.0479. The molecule has 3 aromatic rings. The van der Waals surface area contributed by atoms with Crippen molar-refractivity contribution in [2.45, 2.75) is 74.8 Å². The van der Waals surface area contributed by atoms with Crippen LogP contribution < -0.4 is 33.7 Å². The number of esters is 2. The highest BCUT2D eigenvalue weighted by Crippen LogP contribution is 2.64. The number of thioether (sulfide) groups is 1. The summed E-state index contributed by atoms with van der Waals surface area (Å²) in [6, 6.07) is 3.61. The molecule has 0 radical (unpaired) electrons. The number of nitrogens with zero attached hydrogens (tertiary/aromatic N) is 2. The summed E-state index contributed by atoms with van der Waals surface area (Å²) in [5.74, 6) is 1.88. The average Bonchev–Trinajstić information content (AvgIpc) is 3.68. The van der Waals surface area contributed by atoms with Gasteiger partial charge in [-0.05, 0) is 68.1 Å². The first kappa shape index (κ1) is 37.9. The van der Waals surface area contributed by atoms with Gasteiger partial charge >= 0.3 is 11.9 Å². The Morgan fingerprint density at radius 2 is 1.86 bits per heavy atom. The molecule has 57 heavy (non-hydrogen) atoms. The zero-order valence-corrected chi connectivity index (χ0v) is 33.6. The van der Waals surface area contributed by atoms with Crippen LogP contribution in [0.1, 0.15) is 68.8 Å². The van der Waals surface area contributed by atoms with Gasteiger partial charge in [0.05, 0.1) is 37.6 Å². The molecule has 7 heterocycles. The number of hydrogen-bond donors (Lipinski definition) is 3. The fourth-order valence-corrected chi connectivity index (χ4v) is 11.9. The average molecular weight is 802 g/mol. The molecular formula is C42H47N3O11S. The molecule has 3 aromatic carbocycles. The van der Waals surface area contributed by atoms with Crippen LogP contribution in [0.15, 0.2) is 30.9 Å². The molecule has 7 aliphatic heterocycles. The first-order valence-corrected chi connectivity index (χ1v) is 20.2. The summed E-state index contributed by atoms with van der Waals surface area (Å²) >= 11 is 1.50. The number of phenols is 1. The minimum Gasteiger partial charge on any atom is -0.504 e. The van der Waals surface area contributed by atoms with Gasteiger partial charge in [0.25, 0.3) is 0 Å². The topological polar surface area (TPSA) is 158 Å². The standard InChI is InChI=1S/C42H47N3O11S/c1-8-11-52-28-14-22-9-10-43-42(24(22)15-27(28)50-6)17-57-39-31-30(38-37(54-18-55-38)20(3)36(31)56-21(4)46)26(16-53-41(42)49)45-33(39)32-29-23(13-25(40(45)48)44(32)5)12-19(2)35(51-7)34(29)47/h8,12,14-15,25-26,32-33,39-40,43,47-48H,1,9-11,13,16-18H2,2-7H3/t25-,26-,32-,33?,39-,40+,42-/m1/s1. The third kappa shape index (κ3) is 5.45. The molecule has 3 N–H and O–H groups in total. The first-order valence-electron chi connectivity index (χ1n) is 19.2. The maximum absolute atomic E-state index is 14.9. The lowest BCUT2D eigenvalue weighted by molar-refractivity contribution is -0.186. The van der Waals surface area contributed by atoms with E-state index in [2.05, 4.69) is 16.8 Å². The van der Waals surface area contributed by atoms with Gasteiger partial charge in [0.1, 0.15) is 25.2 Å². The van der Waals surface area contributed by atoms with E-state index in [9.17, 15) is 19.8 Å². The summed E-state index contributed by atoms with van der Waals surface area (Å²) in [6.45, 7) is 9.42. The number of methoxy groups -OCH3 is 2. The van der Waals surface area contributed by atoms with Gasteiger partial charge in [-0.15, -0.1) is 11.8 Å². The highest BCUT2D eigenvalue weighted by Gasteiger charge is 2.61. The van der Waals surface area contributed by atoms with Crippen molar-refractivity contribution in [1.29, 1.82) is 0 Å². The van der Waals surface area contributed by atoms with Gasteiger partial charge in [0, 0.05) is 47.5 Å². The van der Waals surface area contributed by atoms with E-state index in [1.54, 1.807) is 20.3 Å². The summed E-state index contributed by atoms with van der Waals surface area (Å²) in [4.78, 5) is 32.0. The third-order valence-electron chi connectivity index (χ3n) is 12.6. The molecule has 7 aliphatic rings. The van der Waals surface area contributed by atoms with E-state index >= 15 is 0 Å². The number of fused-ring (bicyclic) bond motifs is 9. The number of piperazine rings is 1. The number of aromatic hydroxyl groups is 1. The molecule has 7 atom stereocenters. The normalized spacial score (nSPS) is 28.4. The minimum atomic E-state index is -1.33. The number of ether oxygens (including phenoxy) is 7. The van der Waals surface area contributed by atoms with Crippen LogP contribution in [0.2, 0.25) is 0 Å². The molecule has 0 aromatic heterocycles. The van der Waals surface area contributed by atoms with Crippen LogP contribution in [0.25, 0.3) is 0 Å². The van der Waals surface area contributed by atoms with Gasteiger partial charge in [0.15, 0.2) is 40.0 Å². The number of benzene rings is 3. The SMILES string of the molecule is C=CCOc1cc2c(cc1OC)[C@@]1(CS[C@@H]3c4c(OC(C)=O)c(C)c5c(c4[C@@H](COC1=O)N1C3[C@H]3c4c(cc(C)c(OC)c4O)C[C@H]([C@@H]1O)N3C)OCO5)NCC2. The molecule has 2 saturated heterocycles. The second kappa shape index (κ2) is 14.0. The van der Waals surface area contributed by atoms with Crippen molar-refractivity contribution in [2.75, 3.05) is 53.6 Å². The van der Waals surface area contributed by atoms with Gasteiger partial charge in [-0.1, -0.05) is 18.7 Å². The molecule has 14 nitrogen and oxygen atoms in total. The molecular weight excluding hydrogens is 755 g/mol. The Morgan fingerprint density at radius 1 is 1.07 bits per heavy atom. The Hall–Kier alpha value is -4.67. The fourth-order valence-electron chi connectivity index (χ4n) is 10.2. The van der Waals surface area contributed by atoms with Crippen LogP contribution in [-0.4, -0.2) is 104 Å². The van der Waals surface area contributed by atoms with E-state index in [4.69, 9.17) is 33.2 Å². The van der Waals surface area contributed by atoms with Crippen molar-refractivity contribution in [3.63, 3.8) is 0 Å². The van der Waals surface area contributed by atoms with Crippen molar-refractivity contribution >= 4 is 23.7 Å². The summed E-state index contributed by atoms with van der Waals surface area (Å²) in [5, 5.41) is 27.7. The lowest BCUT2D eigenvalue weighted by atomic mass is 9.73. The number of aryl methyl sites for hydroxylation is 1. The number of nitrogens with one attached hydrogen (secondary N) is 1. The summed E-state index contributed by atoms with van der Waals surface area (Å²) < 4.78 is 42.4. The lowest BCUT2D eigenvalue weighted by Crippen LogP contribution is -2.70. The van der Waals surface area contributed by atoms with E-state index in [0.29, 0.717) is 81.7 Å². The summed E-state index contributed by atoms with van der Waals surface area (Å²) in [7, 11) is 5.08. The highest BCUT2D eigenvalue weighted by atomic mass is 32.2. The molecule has 1 unspecified atom stereocenters. The van der Waals surface area contributed by atoms with Crippen LogP contribution in [0.4, 0.5) is 0 Å². The lowest BCUT2D eigenvalue weighted by Gasteiger charge is -2.62. The van der Waals surface area contributed by atoms with E-state index in [1.807, 2.05) is 44.0 Å². The number of rotatable bonds is 6. The zero-order valence-electron chi connectivity index (χ0n) is 32.8. The van der Waals surface area contributed by atoms with Crippen molar-refractivity contribution in [2.24, 2.45) is 0 Å². The number of carbonyl (C=O) groups is 2. The van der Waals surface area contributed by atoms with E-state index in [-0.39, 0.29) is 37.6 Å². The molecule has 2 fully saturated rings. The number of phenolic OH excluding ortho intramolecular Hbond substituents is 1. The maximum Gasteiger partial charge on any atom is 0.331 e. The van der Waals surface area contributed by atoms with Crippen molar-refractivity contribution in [3.05, 3.63) is 75.4 Å². The predicted octanol–water partition coefficient (Wildman–Crippen LogP) is 4.27. The third-order valence-corrected chi connectivity index (χ3v) is 14.1. The Morgan fingerprint density at radius 3 is 2.60 bits per heavy atom. The maximum atomic E-state index is 14.9. The smallest absolute Gasteiger partial charge is 0.331 e. The van der Waals surface area contributed by atoms with Crippen LogP contribution in [0.3, 0.4) is 0 Å². The van der Waals surface area contributed by atoms with Gasteiger partial charge in [-0.2, -0.15) is 0 Å². The number of aliphatic hydroxyl groups excluding tert-OH is 1. The molecule has 302 valence electrons. The largest absolute Gasteiger partial charge is 0.504 e. The first-order chi connectivity index (χ1) is 27.4. The van der Waals surface area contributed by atoms with Crippen LogP contribution in [0.5, 0.6) is 40.2 Å². The highest BCUT2D eigenvalue weighted by molar-refractivity contribution is 7.99. The van der Waals surface area contributed by atoms with Gasteiger partial charge in [-0.3, -0.25) is 19.9 Å². The Bertz CT molecular complexity index is 2210. The summed E-state index contributed by atoms with van der Waals surface area (Å²) in [5.41, 5.74) is 4.66. The molecule has 0 amide bonds. The molecule has 0 saturated carbocycles. The van der Waals surface area contributed by atoms with Gasteiger partial charge in [-0.25, -0.2) is 4.79 Å². The quantitative estimate of drug-likeness (QED) is 0.184. The Labute approximate surface area is 334 Å². The molecule has 1 spiro atoms. The summed E-state index contributed by atoms with van der Waals surface area (Å²) in [6.07, 6.45) is 1.71. The Kier molecular flexibility index (Phi) is 9.31. The second-order valence-corrected chi connectivity index (χ2v) is 16.6. The van der Waals surface area contributed by atoms with Crippen LogP contribution >= 0.6 is 11.8 Å². The number of hydrogen-bond acceptors (Lipinski definition) is 15. The van der Waals surface area contributed by atoms with Crippen LogP contribution in [-0.2, 0) is 32.7 Å². The predicted molar refractivity (Wildman–Crippen MR) is 209 cm³/mol. The van der Waals surface area contributed by atoms with E-state index in [1.165, 1.54) is 18.7 Å². The zero-order chi connectivity index (χ0) is 40.1.